The number of ether oxygens (including phenoxy) is 1. The van der Waals surface area contributed by atoms with E-state index in [0.717, 1.165) is 5.56 Å². The number of anilines is 1. The van der Waals surface area contributed by atoms with Crippen LogP contribution in [0.3, 0.4) is 0 Å². The maximum absolute atomic E-state index is 11.4. The number of nitrogens with zero attached hydrogens (tertiary/aromatic N) is 3. The fourth-order valence-electron chi connectivity index (χ4n) is 1.77. The largest absolute Gasteiger partial charge is 0.434 e. The van der Waals surface area contributed by atoms with Crippen LogP contribution in [0.15, 0.2) is 30.6 Å². The Morgan fingerprint density at radius 3 is 2.36 bits per heavy atom. The van der Waals surface area contributed by atoms with E-state index in [4.69, 9.17) is 4.74 Å². The van der Waals surface area contributed by atoms with Gasteiger partial charge < -0.3 is 10.1 Å². The first-order chi connectivity index (χ1) is 10.3. The SMILES string of the molecule is Cc1ccc(Oc2ncnc(NC(C)(C)C)c2[N+](=O)[O-])cc1. The summed E-state index contributed by atoms with van der Waals surface area (Å²) in [6, 6.07) is 7.18. The van der Waals surface area contributed by atoms with Gasteiger partial charge in [0.1, 0.15) is 12.1 Å². The first kappa shape index (κ1) is 15.7. The summed E-state index contributed by atoms with van der Waals surface area (Å²) in [6.45, 7) is 7.61. The van der Waals surface area contributed by atoms with Crippen molar-refractivity contribution in [3.63, 3.8) is 0 Å². The molecule has 0 aliphatic rings. The molecule has 116 valence electrons. The highest BCUT2D eigenvalue weighted by molar-refractivity contribution is 5.62. The van der Waals surface area contributed by atoms with Crippen molar-refractivity contribution in [2.45, 2.75) is 33.2 Å². The molecule has 0 atom stereocenters. The molecule has 0 fully saturated rings. The zero-order valence-corrected chi connectivity index (χ0v) is 13.0. The Labute approximate surface area is 128 Å². The monoisotopic (exact) mass is 302 g/mol. The molecule has 7 nitrogen and oxygen atoms in total. The van der Waals surface area contributed by atoms with E-state index in [1.807, 2.05) is 39.8 Å². The molecule has 0 unspecified atom stereocenters. The Balaban J connectivity index is 2.40. The van der Waals surface area contributed by atoms with E-state index < -0.39 is 4.92 Å². The van der Waals surface area contributed by atoms with Crippen molar-refractivity contribution in [3.8, 4) is 11.6 Å². The Bertz CT molecular complexity index is 678. The number of aromatic nitrogens is 2. The molecule has 0 saturated carbocycles. The van der Waals surface area contributed by atoms with E-state index in [-0.39, 0.29) is 22.9 Å². The highest BCUT2D eigenvalue weighted by Crippen LogP contribution is 2.35. The molecule has 0 aliphatic carbocycles. The third-order valence-corrected chi connectivity index (χ3v) is 2.70. The van der Waals surface area contributed by atoms with Crippen LogP contribution in [0, 0.1) is 17.0 Å². The van der Waals surface area contributed by atoms with Gasteiger partial charge in [0.05, 0.1) is 4.92 Å². The lowest BCUT2D eigenvalue weighted by molar-refractivity contribution is -0.385. The van der Waals surface area contributed by atoms with Crippen LogP contribution in [0.1, 0.15) is 26.3 Å². The topological polar surface area (TPSA) is 90.2 Å². The Morgan fingerprint density at radius 2 is 1.82 bits per heavy atom. The maximum Gasteiger partial charge on any atom is 0.373 e. The summed E-state index contributed by atoms with van der Waals surface area (Å²) in [7, 11) is 0. The molecule has 22 heavy (non-hydrogen) atoms. The standard InChI is InChI=1S/C15H18N4O3/c1-10-5-7-11(8-6-10)22-14-12(19(20)21)13(16-9-17-14)18-15(2,3)4/h5-9H,1-4H3,(H,16,17,18). The van der Waals surface area contributed by atoms with Crippen molar-refractivity contribution in [2.24, 2.45) is 0 Å². The first-order valence-corrected chi connectivity index (χ1v) is 6.78. The van der Waals surface area contributed by atoms with Crippen molar-refractivity contribution >= 4 is 11.5 Å². The molecule has 1 aromatic carbocycles. The fourth-order valence-corrected chi connectivity index (χ4v) is 1.77. The minimum Gasteiger partial charge on any atom is -0.434 e. The molecule has 2 rings (SSSR count). The summed E-state index contributed by atoms with van der Waals surface area (Å²) in [5, 5.41) is 14.4. The van der Waals surface area contributed by atoms with Gasteiger partial charge >= 0.3 is 11.6 Å². The third kappa shape index (κ3) is 3.91. The van der Waals surface area contributed by atoms with Gasteiger partial charge in [-0.3, -0.25) is 10.1 Å². The molecule has 2 aromatic rings. The Hall–Kier alpha value is -2.70. The minimum atomic E-state index is -0.544. The van der Waals surface area contributed by atoms with Crippen LogP contribution >= 0.6 is 0 Å². The average molecular weight is 302 g/mol. The van der Waals surface area contributed by atoms with Gasteiger partial charge in [-0.15, -0.1) is 0 Å². The highest BCUT2D eigenvalue weighted by atomic mass is 16.6. The number of benzene rings is 1. The summed E-state index contributed by atoms with van der Waals surface area (Å²) in [5.74, 6) is 0.527. The third-order valence-electron chi connectivity index (χ3n) is 2.70. The molecule has 0 bridgehead atoms. The number of hydrogen-bond donors (Lipinski definition) is 1. The van der Waals surface area contributed by atoms with E-state index >= 15 is 0 Å². The predicted molar refractivity (Wildman–Crippen MR) is 83.3 cm³/mol. The molecule has 0 spiro atoms. The highest BCUT2D eigenvalue weighted by Gasteiger charge is 2.27. The molecule has 7 heteroatoms. The van der Waals surface area contributed by atoms with Crippen LogP contribution in [-0.2, 0) is 0 Å². The minimum absolute atomic E-state index is 0.0874. The van der Waals surface area contributed by atoms with E-state index in [1.54, 1.807) is 12.1 Å². The van der Waals surface area contributed by atoms with Gasteiger partial charge in [-0.05, 0) is 39.8 Å². The van der Waals surface area contributed by atoms with E-state index in [0.29, 0.717) is 5.75 Å². The molecular formula is C15H18N4O3. The molecular weight excluding hydrogens is 284 g/mol. The second-order valence-corrected chi connectivity index (χ2v) is 5.92. The second kappa shape index (κ2) is 5.97. The van der Waals surface area contributed by atoms with Gasteiger partial charge in [-0.25, -0.2) is 4.98 Å². The van der Waals surface area contributed by atoms with Crippen LogP contribution < -0.4 is 10.1 Å². The van der Waals surface area contributed by atoms with E-state index in [2.05, 4.69) is 15.3 Å². The second-order valence-electron chi connectivity index (χ2n) is 5.92. The molecule has 1 N–H and O–H groups in total. The summed E-state index contributed by atoms with van der Waals surface area (Å²) >= 11 is 0. The summed E-state index contributed by atoms with van der Waals surface area (Å²) in [5.41, 5.74) is 0.415. The normalized spacial score (nSPS) is 11.1. The van der Waals surface area contributed by atoms with E-state index in [9.17, 15) is 10.1 Å². The van der Waals surface area contributed by atoms with Crippen LogP contribution in [0.25, 0.3) is 0 Å². The van der Waals surface area contributed by atoms with Gasteiger partial charge in [0.25, 0.3) is 0 Å². The van der Waals surface area contributed by atoms with E-state index in [1.165, 1.54) is 6.33 Å². The summed E-state index contributed by atoms with van der Waals surface area (Å²) < 4.78 is 5.55. The van der Waals surface area contributed by atoms with Crippen molar-refractivity contribution < 1.29 is 9.66 Å². The van der Waals surface area contributed by atoms with Crippen LogP contribution in [0.4, 0.5) is 11.5 Å². The average Bonchev–Trinajstić information content (AvgIpc) is 2.39. The summed E-state index contributed by atoms with van der Waals surface area (Å²) in [4.78, 5) is 18.7. The maximum atomic E-state index is 11.4. The predicted octanol–water partition coefficient (Wildman–Crippen LogP) is 3.70. The van der Waals surface area contributed by atoms with Crippen molar-refractivity contribution in [1.29, 1.82) is 0 Å². The first-order valence-electron chi connectivity index (χ1n) is 6.78. The smallest absolute Gasteiger partial charge is 0.373 e. The van der Waals surface area contributed by atoms with Gasteiger partial charge in [0.15, 0.2) is 0 Å². The van der Waals surface area contributed by atoms with Crippen LogP contribution in [0.2, 0.25) is 0 Å². The van der Waals surface area contributed by atoms with Gasteiger partial charge in [-0.1, -0.05) is 17.7 Å². The van der Waals surface area contributed by atoms with Crippen LogP contribution in [0.5, 0.6) is 11.6 Å². The van der Waals surface area contributed by atoms with Crippen LogP contribution in [-0.4, -0.2) is 20.4 Å². The number of hydrogen-bond acceptors (Lipinski definition) is 6. The number of nitrogens with one attached hydrogen (secondary N) is 1. The summed E-state index contributed by atoms with van der Waals surface area (Å²) in [6.07, 6.45) is 1.24. The zero-order chi connectivity index (χ0) is 16.3. The van der Waals surface area contributed by atoms with Gasteiger partial charge in [0, 0.05) is 5.54 Å². The lowest BCUT2D eigenvalue weighted by Gasteiger charge is -2.21. The number of rotatable bonds is 4. The molecule has 1 heterocycles. The van der Waals surface area contributed by atoms with Crippen molar-refractivity contribution in [2.75, 3.05) is 5.32 Å². The fraction of sp³-hybridized carbons (Fsp3) is 0.333. The van der Waals surface area contributed by atoms with Crippen molar-refractivity contribution in [3.05, 3.63) is 46.3 Å². The molecule has 0 saturated heterocycles. The molecule has 0 radical (unpaired) electrons. The van der Waals surface area contributed by atoms with Gasteiger partial charge in [-0.2, -0.15) is 4.98 Å². The Morgan fingerprint density at radius 1 is 1.18 bits per heavy atom. The number of nitro groups is 1. The molecule has 0 amide bonds. The molecule has 1 aromatic heterocycles. The quantitative estimate of drug-likeness (QED) is 0.684. The van der Waals surface area contributed by atoms with Crippen molar-refractivity contribution in [1.82, 2.24) is 9.97 Å². The number of aryl methyl sites for hydroxylation is 1. The zero-order valence-electron chi connectivity index (χ0n) is 13.0. The van der Waals surface area contributed by atoms with Gasteiger partial charge in [0.2, 0.25) is 5.82 Å². The molecule has 0 aliphatic heterocycles. The lowest BCUT2D eigenvalue weighted by atomic mass is 10.1. The lowest BCUT2D eigenvalue weighted by Crippen LogP contribution is -2.27. The Kier molecular flexibility index (Phi) is 4.25.